The molecule has 0 aliphatic heterocycles. The van der Waals surface area contributed by atoms with E-state index in [2.05, 4.69) is 50.1 Å². The van der Waals surface area contributed by atoms with Crippen LogP contribution in [0.15, 0.2) is 42.6 Å². The standard InChI is InChI=1S/C15H21N3/c1-11(2)18-14(9-10-17-18)15(16)12(3)13-7-5-4-6-8-13/h4-12,15H,16H2,1-3H3. The largest absolute Gasteiger partial charge is 0.322 e. The lowest BCUT2D eigenvalue weighted by Crippen LogP contribution is -2.22. The first-order chi connectivity index (χ1) is 8.61. The number of hydrogen-bond acceptors (Lipinski definition) is 2. The zero-order valence-electron chi connectivity index (χ0n) is 11.2. The minimum Gasteiger partial charge on any atom is -0.322 e. The van der Waals surface area contributed by atoms with Crippen LogP contribution in [0.5, 0.6) is 0 Å². The van der Waals surface area contributed by atoms with Crippen molar-refractivity contribution in [3.05, 3.63) is 53.9 Å². The van der Waals surface area contributed by atoms with Gasteiger partial charge in [-0.15, -0.1) is 0 Å². The zero-order valence-corrected chi connectivity index (χ0v) is 11.2. The molecular weight excluding hydrogens is 222 g/mol. The van der Waals surface area contributed by atoms with E-state index in [1.807, 2.05) is 23.0 Å². The highest BCUT2D eigenvalue weighted by molar-refractivity contribution is 5.23. The van der Waals surface area contributed by atoms with Gasteiger partial charge in [0.2, 0.25) is 0 Å². The summed E-state index contributed by atoms with van der Waals surface area (Å²) in [5.41, 5.74) is 8.76. The number of hydrogen-bond donors (Lipinski definition) is 1. The summed E-state index contributed by atoms with van der Waals surface area (Å²) < 4.78 is 2.00. The molecule has 0 fully saturated rings. The maximum absolute atomic E-state index is 6.39. The Balaban J connectivity index is 2.26. The summed E-state index contributed by atoms with van der Waals surface area (Å²) in [5.74, 6) is 0.278. The van der Waals surface area contributed by atoms with Crippen LogP contribution in [0, 0.1) is 0 Å². The quantitative estimate of drug-likeness (QED) is 0.895. The molecule has 1 aromatic heterocycles. The first-order valence-corrected chi connectivity index (χ1v) is 6.45. The average molecular weight is 243 g/mol. The Kier molecular flexibility index (Phi) is 3.82. The van der Waals surface area contributed by atoms with Crippen LogP contribution >= 0.6 is 0 Å². The molecule has 0 amide bonds. The van der Waals surface area contributed by atoms with E-state index >= 15 is 0 Å². The molecule has 2 rings (SSSR count). The number of benzene rings is 1. The van der Waals surface area contributed by atoms with Crippen molar-refractivity contribution in [3.63, 3.8) is 0 Å². The monoisotopic (exact) mass is 243 g/mol. The highest BCUT2D eigenvalue weighted by atomic mass is 15.3. The predicted octanol–water partition coefficient (Wildman–Crippen LogP) is 3.27. The summed E-state index contributed by atoms with van der Waals surface area (Å²) in [4.78, 5) is 0. The molecule has 0 aliphatic rings. The normalized spacial score (nSPS) is 14.7. The third-order valence-corrected chi connectivity index (χ3v) is 3.40. The van der Waals surface area contributed by atoms with Crippen LogP contribution in [0.25, 0.3) is 0 Å². The fraction of sp³-hybridized carbons (Fsp3) is 0.400. The smallest absolute Gasteiger partial charge is 0.0560 e. The predicted molar refractivity (Wildman–Crippen MR) is 74.4 cm³/mol. The van der Waals surface area contributed by atoms with Crippen LogP contribution in [0.2, 0.25) is 0 Å². The molecule has 18 heavy (non-hydrogen) atoms. The van der Waals surface area contributed by atoms with Gasteiger partial charge in [-0.1, -0.05) is 37.3 Å². The maximum atomic E-state index is 6.39. The molecule has 3 nitrogen and oxygen atoms in total. The highest BCUT2D eigenvalue weighted by Crippen LogP contribution is 2.29. The maximum Gasteiger partial charge on any atom is 0.0560 e. The highest BCUT2D eigenvalue weighted by Gasteiger charge is 2.20. The molecule has 2 unspecified atom stereocenters. The molecule has 0 saturated carbocycles. The molecule has 0 spiro atoms. The summed E-state index contributed by atoms with van der Waals surface area (Å²) >= 11 is 0. The molecule has 2 N–H and O–H groups in total. The molecule has 3 heteroatoms. The van der Waals surface area contributed by atoms with E-state index in [1.165, 1.54) is 5.56 Å². The van der Waals surface area contributed by atoms with Crippen molar-refractivity contribution in [2.75, 3.05) is 0 Å². The Hall–Kier alpha value is -1.61. The van der Waals surface area contributed by atoms with Crippen LogP contribution in [-0.2, 0) is 0 Å². The number of nitrogens with two attached hydrogens (primary N) is 1. The van der Waals surface area contributed by atoms with Gasteiger partial charge < -0.3 is 5.73 Å². The minimum atomic E-state index is -0.0303. The van der Waals surface area contributed by atoms with Crippen LogP contribution in [0.3, 0.4) is 0 Å². The Morgan fingerprint density at radius 1 is 1.06 bits per heavy atom. The molecule has 1 aromatic carbocycles. The number of aromatic nitrogens is 2. The Morgan fingerprint density at radius 3 is 2.33 bits per heavy atom. The van der Waals surface area contributed by atoms with Gasteiger partial charge in [-0.25, -0.2) is 0 Å². The Bertz CT molecular complexity index is 487. The van der Waals surface area contributed by atoms with Crippen molar-refractivity contribution >= 4 is 0 Å². The van der Waals surface area contributed by atoms with Crippen molar-refractivity contribution in [1.82, 2.24) is 9.78 Å². The topological polar surface area (TPSA) is 43.8 Å². The van der Waals surface area contributed by atoms with E-state index in [9.17, 15) is 0 Å². The second-order valence-electron chi connectivity index (χ2n) is 5.02. The van der Waals surface area contributed by atoms with E-state index in [4.69, 9.17) is 5.73 Å². The van der Waals surface area contributed by atoms with Crippen LogP contribution < -0.4 is 5.73 Å². The fourth-order valence-corrected chi connectivity index (χ4v) is 2.24. The molecular formula is C15H21N3. The second kappa shape index (κ2) is 5.36. The van der Waals surface area contributed by atoms with Gasteiger partial charge in [0.25, 0.3) is 0 Å². The van der Waals surface area contributed by atoms with Crippen molar-refractivity contribution < 1.29 is 0 Å². The lowest BCUT2D eigenvalue weighted by molar-refractivity contribution is 0.464. The van der Waals surface area contributed by atoms with Crippen LogP contribution in [-0.4, -0.2) is 9.78 Å². The lowest BCUT2D eigenvalue weighted by atomic mass is 9.92. The van der Waals surface area contributed by atoms with Gasteiger partial charge in [-0.05, 0) is 25.5 Å². The van der Waals surface area contributed by atoms with Gasteiger partial charge in [0.15, 0.2) is 0 Å². The first kappa shape index (κ1) is 12.8. The second-order valence-corrected chi connectivity index (χ2v) is 5.02. The molecule has 0 radical (unpaired) electrons. The molecule has 0 aliphatic carbocycles. The Labute approximate surface area is 109 Å². The van der Waals surface area contributed by atoms with Crippen molar-refractivity contribution in [3.8, 4) is 0 Å². The van der Waals surface area contributed by atoms with Crippen molar-refractivity contribution in [1.29, 1.82) is 0 Å². The minimum absolute atomic E-state index is 0.0303. The van der Waals surface area contributed by atoms with Gasteiger partial charge in [0.05, 0.1) is 11.7 Å². The van der Waals surface area contributed by atoms with Crippen molar-refractivity contribution in [2.45, 2.75) is 38.8 Å². The van der Waals surface area contributed by atoms with Gasteiger partial charge in [0, 0.05) is 18.2 Å². The van der Waals surface area contributed by atoms with Crippen LogP contribution in [0.1, 0.15) is 50.0 Å². The van der Waals surface area contributed by atoms with E-state index < -0.39 is 0 Å². The van der Waals surface area contributed by atoms with Crippen LogP contribution in [0.4, 0.5) is 0 Å². The third-order valence-electron chi connectivity index (χ3n) is 3.40. The van der Waals surface area contributed by atoms with E-state index in [1.54, 1.807) is 0 Å². The van der Waals surface area contributed by atoms with Gasteiger partial charge in [0.1, 0.15) is 0 Å². The molecule has 0 bridgehead atoms. The van der Waals surface area contributed by atoms with E-state index in [0.29, 0.717) is 6.04 Å². The summed E-state index contributed by atoms with van der Waals surface area (Å²) in [6.45, 7) is 6.41. The summed E-state index contributed by atoms with van der Waals surface area (Å²) in [7, 11) is 0. The summed E-state index contributed by atoms with van der Waals surface area (Å²) in [6, 6.07) is 12.7. The molecule has 1 heterocycles. The van der Waals surface area contributed by atoms with Gasteiger partial charge in [-0.3, -0.25) is 4.68 Å². The fourth-order valence-electron chi connectivity index (χ4n) is 2.24. The molecule has 0 saturated heterocycles. The molecule has 2 aromatic rings. The molecule has 96 valence electrons. The summed E-state index contributed by atoms with van der Waals surface area (Å²) in [5, 5.41) is 4.35. The number of nitrogens with zero attached hydrogens (tertiary/aromatic N) is 2. The average Bonchev–Trinajstić information content (AvgIpc) is 2.87. The lowest BCUT2D eigenvalue weighted by Gasteiger charge is -2.22. The third kappa shape index (κ3) is 2.46. The van der Waals surface area contributed by atoms with Crippen molar-refractivity contribution in [2.24, 2.45) is 5.73 Å². The van der Waals surface area contributed by atoms with E-state index in [-0.39, 0.29) is 12.0 Å². The number of rotatable bonds is 4. The van der Waals surface area contributed by atoms with E-state index in [0.717, 1.165) is 5.69 Å². The first-order valence-electron chi connectivity index (χ1n) is 6.45. The van der Waals surface area contributed by atoms with Gasteiger partial charge >= 0.3 is 0 Å². The summed E-state index contributed by atoms with van der Waals surface area (Å²) in [6.07, 6.45) is 1.83. The SMILES string of the molecule is CC(c1ccccc1)C(N)c1ccnn1C(C)C. The van der Waals surface area contributed by atoms with Gasteiger partial charge in [-0.2, -0.15) is 5.10 Å². The Morgan fingerprint density at radius 2 is 1.72 bits per heavy atom. The zero-order chi connectivity index (χ0) is 13.1. The molecule has 2 atom stereocenters.